The Morgan fingerprint density at radius 1 is 1.25 bits per heavy atom. The molecule has 0 saturated carbocycles. The van der Waals surface area contributed by atoms with Crippen LogP contribution >= 0.6 is 0 Å². The molecule has 1 N–H and O–H groups in total. The summed E-state index contributed by atoms with van der Waals surface area (Å²) in [4.78, 5) is 4.13. The first-order chi connectivity index (χ1) is 9.76. The van der Waals surface area contributed by atoms with E-state index in [4.69, 9.17) is 4.74 Å². The van der Waals surface area contributed by atoms with Crippen LogP contribution < -0.4 is 10.1 Å². The van der Waals surface area contributed by atoms with Crippen LogP contribution in [0.25, 0.3) is 0 Å². The van der Waals surface area contributed by atoms with Gasteiger partial charge in [0.1, 0.15) is 5.75 Å². The first kappa shape index (κ1) is 14.5. The quantitative estimate of drug-likeness (QED) is 0.870. The Kier molecular flexibility index (Phi) is 5.13. The minimum Gasteiger partial charge on any atom is -0.496 e. The summed E-state index contributed by atoms with van der Waals surface area (Å²) >= 11 is 0. The zero-order chi connectivity index (χ0) is 14.4. The number of methoxy groups -OCH3 is 1. The Morgan fingerprint density at radius 2 is 2.05 bits per heavy atom. The Morgan fingerprint density at radius 3 is 2.75 bits per heavy atom. The van der Waals surface area contributed by atoms with Crippen molar-refractivity contribution in [2.24, 2.45) is 0 Å². The number of aromatic nitrogens is 1. The molecule has 20 heavy (non-hydrogen) atoms. The number of para-hydroxylation sites is 1. The zero-order valence-electron chi connectivity index (χ0n) is 12.4. The van der Waals surface area contributed by atoms with E-state index < -0.39 is 0 Å². The highest BCUT2D eigenvalue weighted by atomic mass is 16.5. The van der Waals surface area contributed by atoms with Crippen molar-refractivity contribution in [1.82, 2.24) is 10.3 Å². The van der Waals surface area contributed by atoms with Gasteiger partial charge in [-0.1, -0.05) is 25.1 Å². The van der Waals surface area contributed by atoms with Crippen LogP contribution in [0.1, 0.15) is 36.1 Å². The average molecular weight is 270 g/mol. The molecule has 2 rings (SSSR count). The molecule has 0 amide bonds. The van der Waals surface area contributed by atoms with Crippen LogP contribution in [0.3, 0.4) is 0 Å². The van der Waals surface area contributed by atoms with E-state index in [2.05, 4.69) is 42.3 Å². The van der Waals surface area contributed by atoms with Crippen molar-refractivity contribution >= 4 is 0 Å². The maximum absolute atomic E-state index is 5.45. The van der Waals surface area contributed by atoms with Crippen molar-refractivity contribution in [2.45, 2.75) is 32.9 Å². The van der Waals surface area contributed by atoms with E-state index in [9.17, 15) is 0 Å². The lowest BCUT2D eigenvalue weighted by atomic mass is 10.0. The van der Waals surface area contributed by atoms with Crippen molar-refractivity contribution in [3.8, 4) is 5.75 Å². The van der Waals surface area contributed by atoms with Gasteiger partial charge in [0.2, 0.25) is 0 Å². The monoisotopic (exact) mass is 270 g/mol. The summed E-state index contributed by atoms with van der Waals surface area (Å²) in [7, 11) is 1.72. The predicted molar refractivity (Wildman–Crippen MR) is 81.8 cm³/mol. The summed E-state index contributed by atoms with van der Waals surface area (Å²) in [6.07, 6.45) is 4.76. The van der Waals surface area contributed by atoms with E-state index in [0.717, 1.165) is 18.7 Å². The molecule has 1 heterocycles. The number of aryl methyl sites for hydroxylation is 1. The number of ether oxygens (including phenoxy) is 1. The lowest BCUT2D eigenvalue weighted by Gasteiger charge is -2.20. The first-order valence-electron chi connectivity index (χ1n) is 7.02. The van der Waals surface area contributed by atoms with Gasteiger partial charge in [0, 0.05) is 30.5 Å². The summed E-state index contributed by atoms with van der Waals surface area (Å²) in [6.45, 7) is 5.11. The van der Waals surface area contributed by atoms with Crippen LogP contribution in [0.5, 0.6) is 5.75 Å². The van der Waals surface area contributed by atoms with Gasteiger partial charge < -0.3 is 10.1 Å². The summed E-state index contributed by atoms with van der Waals surface area (Å²) in [5, 5.41) is 3.61. The summed E-state index contributed by atoms with van der Waals surface area (Å²) < 4.78 is 5.45. The number of nitrogens with zero attached hydrogens (tertiary/aromatic N) is 1. The third-order valence-corrected chi connectivity index (χ3v) is 3.60. The van der Waals surface area contributed by atoms with Gasteiger partial charge in [-0.3, -0.25) is 4.98 Å². The standard InChI is InChI=1S/C17H22N2O/c1-4-16(15-7-5-6-8-17(15)20-3)19-12-14-9-10-18-11-13(14)2/h5-11,16,19H,4,12H2,1-3H3. The highest BCUT2D eigenvalue weighted by Crippen LogP contribution is 2.27. The highest BCUT2D eigenvalue weighted by molar-refractivity contribution is 5.36. The number of hydrogen-bond donors (Lipinski definition) is 1. The molecular formula is C17H22N2O. The third kappa shape index (κ3) is 3.36. The number of rotatable bonds is 6. The maximum Gasteiger partial charge on any atom is 0.123 e. The van der Waals surface area contributed by atoms with Crippen molar-refractivity contribution in [3.63, 3.8) is 0 Å². The first-order valence-corrected chi connectivity index (χ1v) is 7.02. The summed E-state index contributed by atoms with van der Waals surface area (Å²) in [5.74, 6) is 0.943. The molecule has 1 aromatic heterocycles. The number of nitrogens with one attached hydrogen (secondary N) is 1. The lowest BCUT2D eigenvalue weighted by Crippen LogP contribution is -2.21. The molecule has 0 spiro atoms. The SMILES string of the molecule is CCC(NCc1ccncc1C)c1ccccc1OC. The van der Waals surface area contributed by atoms with Crippen LogP contribution in [-0.2, 0) is 6.54 Å². The fourth-order valence-electron chi connectivity index (χ4n) is 2.36. The Labute approximate surface area is 121 Å². The van der Waals surface area contributed by atoms with Crippen LogP contribution in [0.15, 0.2) is 42.7 Å². The van der Waals surface area contributed by atoms with E-state index >= 15 is 0 Å². The lowest BCUT2D eigenvalue weighted by molar-refractivity contribution is 0.396. The average Bonchev–Trinajstić information content (AvgIpc) is 2.50. The fourth-order valence-corrected chi connectivity index (χ4v) is 2.36. The molecule has 1 atom stereocenters. The molecule has 0 aliphatic rings. The van der Waals surface area contributed by atoms with Crippen LogP contribution in [0.2, 0.25) is 0 Å². The minimum absolute atomic E-state index is 0.290. The Bertz CT molecular complexity index is 554. The molecule has 106 valence electrons. The number of benzene rings is 1. The smallest absolute Gasteiger partial charge is 0.123 e. The van der Waals surface area contributed by atoms with Gasteiger partial charge in [-0.2, -0.15) is 0 Å². The van der Waals surface area contributed by atoms with Gasteiger partial charge in [-0.05, 0) is 36.6 Å². The van der Waals surface area contributed by atoms with Gasteiger partial charge in [0.15, 0.2) is 0 Å². The van der Waals surface area contributed by atoms with E-state index in [-0.39, 0.29) is 0 Å². The molecule has 3 nitrogen and oxygen atoms in total. The highest BCUT2D eigenvalue weighted by Gasteiger charge is 2.13. The predicted octanol–water partition coefficient (Wildman–Crippen LogP) is 3.64. The van der Waals surface area contributed by atoms with Gasteiger partial charge >= 0.3 is 0 Å². The fraction of sp³-hybridized carbons (Fsp3) is 0.353. The van der Waals surface area contributed by atoms with Gasteiger partial charge in [0.05, 0.1) is 7.11 Å². The molecule has 1 unspecified atom stereocenters. The van der Waals surface area contributed by atoms with E-state index in [1.807, 2.05) is 24.5 Å². The van der Waals surface area contributed by atoms with Crippen molar-refractivity contribution in [3.05, 3.63) is 59.4 Å². The van der Waals surface area contributed by atoms with Crippen LogP contribution in [0.4, 0.5) is 0 Å². The molecule has 0 aliphatic heterocycles. The van der Waals surface area contributed by atoms with Crippen LogP contribution in [0, 0.1) is 6.92 Å². The van der Waals surface area contributed by atoms with Crippen molar-refractivity contribution < 1.29 is 4.74 Å². The van der Waals surface area contributed by atoms with Crippen molar-refractivity contribution in [1.29, 1.82) is 0 Å². The summed E-state index contributed by atoms with van der Waals surface area (Å²) in [6, 6.07) is 10.6. The van der Waals surface area contributed by atoms with Gasteiger partial charge in [-0.25, -0.2) is 0 Å². The van der Waals surface area contributed by atoms with Gasteiger partial charge in [-0.15, -0.1) is 0 Å². The Hall–Kier alpha value is -1.87. The number of hydrogen-bond acceptors (Lipinski definition) is 3. The molecule has 0 radical (unpaired) electrons. The molecule has 2 aromatic rings. The Balaban J connectivity index is 2.11. The number of pyridine rings is 1. The molecule has 0 saturated heterocycles. The second kappa shape index (κ2) is 7.06. The van der Waals surface area contributed by atoms with E-state index in [1.54, 1.807) is 7.11 Å². The maximum atomic E-state index is 5.45. The molecule has 0 aliphatic carbocycles. The second-order valence-electron chi connectivity index (χ2n) is 4.89. The van der Waals surface area contributed by atoms with E-state index in [0.29, 0.717) is 6.04 Å². The molecular weight excluding hydrogens is 248 g/mol. The molecule has 0 fully saturated rings. The zero-order valence-corrected chi connectivity index (χ0v) is 12.4. The van der Waals surface area contributed by atoms with E-state index in [1.165, 1.54) is 16.7 Å². The van der Waals surface area contributed by atoms with Crippen LogP contribution in [-0.4, -0.2) is 12.1 Å². The minimum atomic E-state index is 0.290. The topological polar surface area (TPSA) is 34.2 Å². The normalized spacial score (nSPS) is 12.2. The second-order valence-corrected chi connectivity index (χ2v) is 4.89. The summed E-state index contributed by atoms with van der Waals surface area (Å²) in [5.41, 5.74) is 3.72. The molecule has 1 aromatic carbocycles. The molecule has 3 heteroatoms. The largest absolute Gasteiger partial charge is 0.496 e. The van der Waals surface area contributed by atoms with Gasteiger partial charge in [0.25, 0.3) is 0 Å². The molecule has 0 bridgehead atoms. The van der Waals surface area contributed by atoms with Crippen molar-refractivity contribution in [2.75, 3.05) is 7.11 Å². The third-order valence-electron chi connectivity index (χ3n) is 3.60.